The molecule has 0 aliphatic carbocycles. The standard InChI is InChI=1S/C19H18N2O5/c1-20(12-15-13-25-17-8-4-5-9-18(17)26-15)19(22)11-10-14-6-2-3-7-16(14)21(23)24/h2-11,15H,12-13H2,1H3/b11-10+. The van der Waals surface area contributed by atoms with E-state index < -0.39 is 4.92 Å². The van der Waals surface area contributed by atoms with Crippen molar-refractivity contribution in [1.29, 1.82) is 0 Å². The third-order valence-corrected chi connectivity index (χ3v) is 3.96. The van der Waals surface area contributed by atoms with Crippen LogP contribution in [0.25, 0.3) is 6.08 Å². The quantitative estimate of drug-likeness (QED) is 0.468. The minimum absolute atomic E-state index is 0.0418. The molecule has 1 heterocycles. The Hall–Kier alpha value is -3.35. The normalized spacial score (nSPS) is 15.7. The highest BCUT2D eigenvalue weighted by atomic mass is 16.6. The average molecular weight is 354 g/mol. The van der Waals surface area contributed by atoms with Crippen LogP contribution in [0.2, 0.25) is 0 Å². The molecule has 0 saturated heterocycles. The number of hydrogen-bond acceptors (Lipinski definition) is 5. The van der Waals surface area contributed by atoms with Gasteiger partial charge < -0.3 is 14.4 Å². The molecule has 1 aliphatic rings. The average Bonchev–Trinajstić information content (AvgIpc) is 2.66. The third-order valence-electron chi connectivity index (χ3n) is 3.96. The first-order valence-electron chi connectivity index (χ1n) is 8.09. The molecule has 7 heteroatoms. The number of hydrogen-bond donors (Lipinski definition) is 0. The van der Waals surface area contributed by atoms with Crippen molar-refractivity contribution in [2.24, 2.45) is 0 Å². The van der Waals surface area contributed by atoms with Crippen molar-refractivity contribution >= 4 is 17.7 Å². The molecule has 1 aliphatic heterocycles. The number of carbonyl (C=O) groups is 1. The van der Waals surface area contributed by atoms with Gasteiger partial charge in [0, 0.05) is 19.2 Å². The largest absolute Gasteiger partial charge is 0.486 e. The molecule has 2 aromatic rings. The fraction of sp³-hybridized carbons (Fsp3) is 0.211. The fourth-order valence-electron chi connectivity index (χ4n) is 2.63. The Kier molecular flexibility index (Phi) is 5.17. The number of nitrogens with zero attached hydrogens (tertiary/aromatic N) is 2. The van der Waals surface area contributed by atoms with Crippen molar-refractivity contribution in [1.82, 2.24) is 4.90 Å². The van der Waals surface area contributed by atoms with Crippen LogP contribution in [0.4, 0.5) is 5.69 Å². The molecule has 0 N–H and O–H groups in total. The van der Waals surface area contributed by atoms with E-state index in [0.29, 0.717) is 30.2 Å². The lowest BCUT2D eigenvalue weighted by Gasteiger charge is -2.29. The highest BCUT2D eigenvalue weighted by Gasteiger charge is 2.23. The predicted octanol–water partition coefficient (Wildman–Crippen LogP) is 2.91. The van der Waals surface area contributed by atoms with Crippen molar-refractivity contribution < 1.29 is 19.2 Å². The van der Waals surface area contributed by atoms with Crippen molar-refractivity contribution in [3.8, 4) is 11.5 Å². The molecular formula is C19H18N2O5. The number of rotatable bonds is 5. The Morgan fingerprint density at radius 2 is 1.92 bits per heavy atom. The van der Waals surface area contributed by atoms with Crippen LogP contribution in [-0.4, -0.2) is 42.0 Å². The maximum absolute atomic E-state index is 12.3. The summed E-state index contributed by atoms with van der Waals surface area (Å²) >= 11 is 0. The molecule has 0 spiro atoms. The van der Waals surface area contributed by atoms with Gasteiger partial charge in [-0.2, -0.15) is 0 Å². The van der Waals surface area contributed by atoms with Crippen LogP contribution in [0, 0.1) is 10.1 Å². The van der Waals surface area contributed by atoms with Gasteiger partial charge in [-0.05, 0) is 24.3 Å². The van der Waals surface area contributed by atoms with Crippen molar-refractivity contribution in [2.75, 3.05) is 20.2 Å². The lowest BCUT2D eigenvalue weighted by Crippen LogP contribution is -2.41. The summed E-state index contributed by atoms with van der Waals surface area (Å²) in [6.07, 6.45) is 2.49. The Labute approximate surface area is 150 Å². The van der Waals surface area contributed by atoms with E-state index in [9.17, 15) is 14.9 Å². The molecule has 0 bridgehead atoms. The van der Waals surface area contributed by atoms with Gasteiger partial charge >= 0.3 is 0 Å². The second kappa shape index (κ2) is 7.69. The highest BCUT2D eigenvalue weighted by Crippen LogP contribution is 2.31. The van der Waals surface area contributed by atoms with Crippen LogP contribution in [0.5, 0.6) is 11.5 Å². The summed E-state index contributed by atoms with van der Waals surface area (Å²) in [6.45, 7) is 0.691. The van der Waals surface area contributed by atoms with Gasteiger partial charge in [-0.25, -0.2) is 0 Å². The second-order valence-corrected chi connectivity index (χ2v) is 5.87. The molecular weight excluding hydrogens is 336 g/mol. The molecule has 0 fully saturated rings. The minimum Gasteiger partial charge on any atom is -0.486 e. The fourth-order valence-corrected chi connectivity index (χ4v) is 2.63. The molecule has 1 atom stereocenters. The number of benzene rings is 2. The van der Waals surface area contributed by atoms with Gasteiger partial charge in [0.1, 0.15) is 6.61 Å². The lowest BCUT2D eigenvalue weighted by atomic mass is 10.1. The van der Waals surface area contributed by atoms with Crippen molar-refractivity contribution in [3.05, 3.63) is 70.3 Å². The summed E-state index contributed by atoms with van der Waals surface area (Å²) in [5.41, 5.74) is 0.338. The van der Waals surface area contributed by atoms with E-state index in [1.807, 2.05) is 24.3 Å². The molecule has 1 unspecified atom stereocenters. The van der Waals surface area contributed by atoms with Crippen LogP contribution in [0.15, 0.2) is 54.6 Å². The van der Waals surface area contributed by atoms with Gasteiger partial charge in [0.25, 0.3) is 5.69 Å². The Morgan fingerprint density at radius 1 is 1.23 bits per heavy atom. The van der Waals surface area contributed by atoms with Crippen molar-refractivity contribution in [3.63, 3.8) is 0 Å². The number of ether oxygens (including phenoxy) is 2. The lowest BCUT2D eigenvalue weighted by molar-refractivity contribution is -0.385. The zero-order valence-corrected chi connectivity index (χ0v) is 14.2. The first kappa shape index (κ1) is 17.5. The summed E-state index contributed by atoms with van der Waals surface area (Å²) in [4.78, 5) is 24.3. The SMILES string of the molecule is CN(CC1COc2ccccc2O1)C(=O)/C=C/c1ccccc1[N+](=O)[O-]. The number of likely N-dealkylation sites (N-methyl/N-ethyl adjacent to an activating group) is 1. The Bertz CT molecular complexity index is 849. The van der Waals surface area contributed by atoms with Crippen LogP contribution >= 0.6 is 0 Å². The summed E-state index contributed by atoms with van der Waals surface area (Å²) in [6, 6.07) is 13.6. The van der Waals surface area contributed by atoms with Crippen LogP contribution in [-0.2, 0) is 4.79 Å². The van der Waals surface area contributed by atoms with Gasteiger partial charge in [0.05, 0.1) is 17.0 Å². The van der Waals surface area contributed by atoms with Gasteiger partial charge in [0.2, 0.25) is 5.91 Å². The molecule has 0 radical (unpaired) electrons. The zero-order chi connectivity index (χ0) is 18.5. The smallest absolute Gasteiger partial charge is 0.276 e. The van der Waals surface area contributed by atoms with E-state index in [-0.39, 0.29) is 17.7 Å². The van der Waals surface area contributed by atoms with Gasteiger partial charge in [-0.1, -0.05) is 24.3 Å². The zero-order valence-electron chi connectivity index (χ0n) is 14.2. The molecule has 7 nitrogen and oxygen atoms in total. The summed E-state index contributed by atoms with van der Waals surface area (Å²) in [5, 5.41) is 11.0. The van der Waals surface area contributed by atoms with E-state index in [0.717, 1.165) is 0 Å². The predicted molar refractivity (Wildman–Crippen MR) is 96.1 cm³/mol. The molecule has 0 aromatic heterocycles. The Morgan fingerprint density at radius 3 is 2.69 bits per heavy atom. The van der Waals surface area contributed by atoms with Gasteiger partial charge in [-0.15, -0.1) is 0 Å². The highest BCUT2D eigenvalue weighted by molar-refractivity contribution is 5.92. The molecule has 3 rings (SSSR count). The Balaban J connectivity index is 1.61. The van der Waals surface area contributed by atoms with Gasteiger partial charge in [-0.3, -0.25) is 14.9 Å². The molecule has 1 amide bonds. The number of para-hydroxylation sites is 3. The van der Waals surface area contributed by atoms with E-state index in [1.54, 1.807) is 25.2 Å². The van der Waals surface area contributed by atoms with Crippen LogP contribution in [0.1, 0.15) is 5.56 Å². The number of nitro groups is 1. The van der Waals surface area contributed by atoms with E-state index >= 15 is 0 Å². The molecule has 0 saturated carbocycles. The summed E-state index contributed by atoms with van der Waals surface area (Å²) in [5.74, 6) is 1.07. The number of fused-ring (bicyclic) bond motifs is 1. The van der Waals surface area contributed by atoms with E-state index in [4.69, 9.17) is 9.47 Å². The molecule has 134 valence electrons. The minimum atomic E-state index is -0.474. The van der Waals surface area contributed by atoms with Gasteiger partial charge in [0.15, 0.2) is 17.6 Å². The molecule has 2 aromatic carbocycles. The number of carbonyl (C=O) groups excluding carboxylic acids is 1. The van der Waals surface area contributed by atoms with E-state index in [2.05, 4.69) is 0 Å². The van der Waals surface area contributed by atoms with Crippen molar-refractivity contribution in [2.45, 2.75) is 6.10 Å². The maximum atomic E-state index is 12.3. The molecule has 26 heavy (non-hydrogen) atoms. The third kappa shape index (κ3) is 4.00. The second-order valence-electron chi connectivity index (χ2n) is 5.87. The number of nitro benzene ring substituents is 1. The van der Waals surface area contributed by atoms with E-state index in [1.165, 1.54) is 23.1 Å². The van der Waals surface area contributed by atoms with Crippen LogP contribution < -0.4 is 9.47 Å². The maximum Gasteiger partial charge on any atom is 0.276 e. The first-order valence-corrected chi connectivity index (χ1v) is 8.09. The topological polar surface area (TPSA) is 81.9 Å². The number of amides is 1. The monoisotopic (exact) mass is 354 g/mol. The summed E-state index contributed by atoms with van der Waals surface area (Å²) < 4.78 is 11.5. The summed E-state index contributed by atoms with van der Waals surface area (Å²) in [7, 11) is 1.65. The first-order chi connectivity index (χ1) is 12.5. The van der Waals surface area contributed by atoms with Crippen LogP contribution in [0.3, 0.4) is 0 Å².